The van der Waals surface area contributed by atoms with Crippen molar-refractivity contribution in [2.45, 2.75) is 36.6 Å². The molecular formula is C21H23N3O2S. The molecular weight excluding hydrogens is 358 g/mol. The largest absolute Gasteiger partial charge is 0.390 e. The molecule has 1 atom stereocenters. The van der Waals surface area contributed by atoms with E-state index in [9.17, 15) is 5.11 Å². The zero-order valence-corrected chi connectivity index (χ0v) is 15.9. The zero-order chi connectivity index (χ0) is 18.5. The van der Waals surface area contributed by atoms with Crippen molar-refractivity contribution in [2.75, 3.05) is 12.4 Å². The average Bonchev–Trinajstić information content (AvgIpc) is 3.47. The monoisotopic (exact) mass is 381 g/mol. The van der Waals surface area contributed by atoms with E-state index < -0.39 is 6.10 Å². The number of aliphatic hydroxyl groups excluding tert-OH is 1. The Morgan fingerprint density at radius 3 is 2.48 bits per heavy atom. The maximum atomic E-state index is 10.2. The van der Waals surface area contributed by atoms with Crippen LogP contribution in [0.3, 0.4) is 0 Å². The van der Waals surface area contributed by atoms with Crippen molar-refractivity contribution < 1.29 is 9.84 Å². The van der Waals surface area contributed by atoms with Gasteiger partial charge in [0.05, 0.1) is 25.0 Å². The van der Waals surface area contributed by atoms with E-state index in [-0.39, 0.29) is 0 Å². The summed E-state index contributed by atoms with van der Waals surface area (Å²) >= 11 is 1.48. The summed E-state index contributed by atoms with van der Waals surface area (Å²) in [5.41, 5.74) is 2.14. The first-order chi connectivity index (χ1) is 13.3. The van der Waals surface area contributed by atoms with Crippen molar-refractivity contribution in [2.24, 2.45) is 0 Å². The number of nitrogens with zero attached hydrogens (tertiary/aromatic N) is 3. The summed E-state index contributed by atoms with van der Waals surface area (Å²) in [7, 11) is 0. The standard InChI is InChI=1S/C21H23N3O2S/c25-19(14-26-13-16-7-3-1-4-8-16)15-27-21-22-20(17-11-12-17)24(23-21)18-9-5-2-6-10-18/h1-10,17,19,25H,11-15H2. The molecule has 0 radical (unpaired) electrons. The lowest BCUT2D eigenvalue weighted by molar-refractivity contribution is 0.0398. The van der Waals surface area contributed by atoms with Gasteiger partial charge in [0.25, 0.3) is 0 Å². The fourth-order valence-electron chi connectivity index (χ4n) is 2.84. The number of aliphatic hydroxyl groups is 1. The quantitative estimate of drug-likeness (QED) is 0.571. The molecule has 2 aromatic carbocycles. The molecule has 140 valence electrons. The average molecular weight is 382 g/mol. The highest BCUT2D eigenvalue weighted by Gasteiger charge is 2.30. The molecule has 1 N–H and O–H groups in total. The van der Waals surface area contributed by atoms with Crippen molar-refractivity contribution in [1.82, 2.24) is 14.8 Å². The molecule has 4 rings (SSSR count). The Balaban J connectivity index is 1.31. The molecule has 0 spiro atoms. The van der Waals surface area contributed by atoms with Crippen LogP contribution in [0.2, 0.25) is 0 Å². The summed E-state index contributed by atoms with van der Waals surface area (Å²) in [4.78, 5) is 4.71. The van der Waals surface area contributed by atoms with Gasteiger partial charge in [0.1, 0.15) is 5.82 Å². The fraction of sp³-hybridized carbons (Fsp3) is 0.333. The molecule has 0 amide bonds. The topological polar surface area (TPSA) is 60.2 Å². The Bertz CT molecular complexity index is 850. The molecule has 1 aliphatic rings. The van der Waals surface area contributed by atoms with Gasteiger partial charge in [0.15, 0.2) is 0 Å². The van der Waals surface area contributed by atoms with Gasteiger partial charge in [-0.2, -0.15) is 0 Å². The molecule has 1 saturated carbocycles. The van der Waals surface area contributed by atoms with E-state index in [4.69, 9.17) is 9.72 Å². The molecule has 0 aliphatic heterocycles. The highest BCUT2D eigenvalue weighted by Crippen LogP contribution is 2.40. The summed E-state index contributed by atoms with van der Waals surface area (Å²) < 4.78 is 7.55. The van der Waals surface area contributed by atoms with Gasteiger partial charge in [-0.3, -0.25) is 0 Å². The lowest BCUT2D eigenvalue weighted by atomic mass is 10.2. The Labute approximate surface area is 163 Å². The van der Waals surface area contributed by atoms with Gasteiger partial charge in [-0.05, 0) is 30.5 Å². The van der Waals surface area contributed by atoms with E-state index in [0.717, 1.165) is 17.1 Å². The van der Waals surface area contributed by atoms with Gasteiger partial charge in [0.2, 0.25) is 5.16 Å². The minimum absolute atomic E-state index is 0.302. The Morgan fingerprint density at radius 2 is 1.78 bits per heavy atom. The van der Waals surface area contributed by atoms with Crippen LogP contribution in [0.4, 0.5) is 0 Å². The normalized spacial score (nSPS) is 15.0. The van der Waals surface area contributed by atoms with E-state index in [2.05, 4.69) is 5.10 Å². The van der Waals surface area contributed by atoms with Crippen molar-refractivity contribution in [3.63, 3.8) is 0 Å². The number of rotatable bonds is 9. The maximum Gasteiger partial charge on any atom is 0.209 e. The Kier molecular flexibility index (Phi) is 5.87. The molecule has 1 heterocycles. The van der Waals surface area contributed by atoms with Crippen molar-refractivity contribution in [3.8, 4) is 5.69 Å². The molecule has 5 nitrogen and oxygen atoms in total. The molecule has 1 fully saturated rings. The highest BCUT2D eigenvalue weighted by atomic mass is 32.2. The number of benzene rings is 2. The number of hydrogen-bond acceptors (Lipinski definition) is 5. The minimum Gasteiger partial charge on any atom is -0.390 e. The summed E-state index contributed by atoms with van der Waals surface area (Å²) in [5, 5.41) is 15.6. The predicted molar refractivity (Wildman–Crippen MR) is 106 cm³/mol. The van der Waals surface area contributed by atoms with Crippen LogP contribution in [0.5, 0.6) is 0 Å². The lowest BCUT2D eigenvalue weighted by Crippen LogP contribution is -2.18. The minimum atomic E-state index is -0.549. The smallest absolute Gasteiger partial charge is 0.209 e. The maximum absolute atomic E-state index is 10.2. The van der Waals surface area contributed by atoms with Gasteiger partial charge >= 0.3 is 0 Å². The van der Waals surface area contributed by atoms with E-state index in [1.165, 1.54) is 24.6 Å². The summed E-state index contributed by atoms with van der Waals surface area (Å²) in [6.45, 7) is 0.812. The van der Waals surface area contributed by atoms with Crippen LogP contribution in [0, 0.1) is 0 Å². The summed E-state index contributed by atoms with van der Waals surface area (Å²) in [6, 6.07) is 20.1. The molecule has 1 aromatic heterocycles. The number of para-hydroxylation sites is 1. The van der Waals surface area contributed by atoms with E-state index in [1.807, 2.05) is 65.3 Å². The van der Waals surface area contributed by atoms with E-state index in [0.29, 0.717) is 30.0 Å². The van der Waals surface area contributed by atoms with Crippen LogP contribution in [0.15, 0.2) is 65.8 Å². The Hall–Kier alpha value is -2.15. The third-order valence-electron chi connectivity index (χ3n) is 4.38. The second kappa shape index (κ2) is 8.69. The molecule has 1 aliphatic carbocycles. The van der Waals surface area contributed by atoms with Crippen LogP contribution in [-0.4, -0.2) is 38.3 Å². The number of aromatic nitrogens is 3. The van der Waals surface area contributed by atoms with Crippen molar-refractivity contribution in [1.29, 1.82) is 0 Å². The molecule has 0 bridgehead atoms. The number of thioether (sulfide) groups is 1. The van der Waals surface area contributed by atoms with Crippen LogP contribution in [0.1, 0.15) is 30.1 Å². The summed E-state index contributed by atoms with van der Waals surface area (Å²) in [5.74, 6) is 2.04. The van der Waals surface area contributed by atoms with Crippen molar-refractivity contribution in [3.05, 3.63) is 72.1 Å². The first-order valence-corrected chi connectivity index (χ1v) is 10.2. The zero-order valence-electron chi connectivity index (χ0n) is 15.1. The van der Waals surface area contributed by atoms with Gasteiger partial charge in [-0.25, -0.2) is 9.67 Å². The van der Waals surface area contributed by atoms with Gasteiger partial charge in [0, 0.05) is 11.7 Å². The third-order valence-corrected chi connectivity index (χ3v) is 5.37. The first-order valence-electron chi connectivity index (χ1n) is 9.24. The second-order valence-corrected chi connectivity index (χ2v) is 7.73. The van der Waals surface area contributed by atoms with Crippen molar-refractivity contribution >= 4 is 11.8 Å². The molecule has 0 saturated heterocycles. The molecule has 3 aromatic rings. The van der Waals surface area contributed by atoms with E-state index in [1.54, 1.807) is 0 Å². The van der Waals surface area contributed by atoms with Crippen LogP contribution in [-0.2, 0) is 11.3 Å². The van der Waals surface area contributed by atoms with Gasteiger partial charge in [-0.15, -0.1) is 5.10 Å². The fourth-order valence-corrected chi connectivity index (χ4v) is 3.57. The van der Waals surface area contributed by atoms with Gasteiger partial charge < -0.3 is 9.84 Å². The lowest BCUT2D eigenvalue weighted by Gasteiger charge is -2.10. The SMILES string of the molecule is OC(COCc1ccccc1)CSc1nc(C2CC2)n(-c2ccccc2)n1. The molecule has 27 heavy (non-hydrogen) atoms. The molecule has 1 unspecified atom stereocenters. The number of hydrogen-bond donors (Lipinski definition) is 1. The van der Waals surface area contributed by atoms with Crippen LogP contribution < -0.4 is 0 Å². The second-order valence-electron chi connectivity index (χ2n) is 6.74. The van der Waals surface area contributed by atoms with Crippen LogP contribution >= 0.6 is 11.8 Å². The number of ether oxygens (including phenoxy) is 1. The summed E-state index contributed by atoms with van der Waals surface area (Å²) in [6.07, 6.45) is 1.80. The highest BCUT2D eigenvalue weighted by molar-refractivity contribution is 7.99. The third kappa shape index (κ3) is 4.97. The first kappa shape index (κ1) is 18.2. The van der Waals surface area contributed by atoms with Crippen LogP contribution in [0.25, 0.3) is 5.69 Å². The molecule has 6 heteroatoms. The van der Waals surface area contributed by atoms with Gasteiger partial charge in [-0.1, -0.05) is 60.3 Å². The Morgan fingerprint density at radius 1 is 1.07 bits per heavy atom. The van der Waals surface area contributed by atoms with E-state index >= 15 is 0 Å². The predicted octanol–water partition coefficient (Wildman–Crippen LogP) is 3.81.